The minimum absolute atomic E-state index is 0.495. The van der Waals surface area contributed by atoms with Crippen LogP contribution < -0.4 is 5.32 Å². The van der Waals surface area contributed by atoms with Crippen LogP contribution in [0.25, 0.3) is 0 Å². The van der Waals surface area contributed by atoms with Gasteiger partial charge in [-0.15, -0.1) is 0 Å². The monoisotopic (exact) mass is 415 g/mol. The van der Waals surface area contributed by atoms with Crippen molar-refractivity contribution in [2.24, 2.45) is 23.7 Å². The minimum Gasteiger partial charge on any atom is -0.376 e. The molecular formula is C28H49NO. The number of ether oxygens (including phenoxy) is 1. The highest BCUT2D eigenvalue weighted by atomic mass is 16.5. The van der Waals surface area contributed by atoms with Crippen LogP contribution >= 0.6 is 0 Å². The Morgan fingerprint density at radius 3 is 2.30 bits per heavy atom. The normalized spacial score (nSPS) is 29.7. The van der Waals surface area contributed by atoms with E-state index >= 15 is 0 Å². The molecule has 0 aromatic rings. The SMILES string of the molecule is CC(C)=CCC/C(C)=C/CC/C(C)=C/CNCCOC1C(C)CC2CC(C)CC1C2. The molecule has 2 aliphatic carbocycles. The minimum atomic E-state index is 0.495. The summed E-state index contributed by atoms with van der Waals surface area (Å²) in [5.74, 6) is 3.41. The van der Waals surface area contributed by atoms with Crippen LogP contribution in [0.5, 0.6) is 0 Å². The highest BCUT2D eigenvalue weighted by molar-refractivity contribution is 5.05. The lowest BCUT2D eigenvalue weighted by molar-refractivity contribution is -0.0778. The van der Waals surface area contributed by atoms with Gasteiger partial charge in [0.05, 0.1) is 12.7 Å². The summed E-state index contributed by atoms with van der Waals surface area (Å²) in [6.07, 6.45) is 17.9. The van der Waals surface area contributed by atoms with Crippen molar-refractivity contribution in [2.75, 3.05) is 19.7 Å². The van der Waals surface area contributed by atoms with Crippen LogP contribution in [-0.2, 0) is 4.74 Å². The van der Waals surface area contributed by atoms with Crippen molar-refractivity contribution in [2.45, 2.75) is 99.0 Å². The number of fused-ring (bicyclic) bond motifs is 2. The molecule has 30 heavy (non-hydrogen) atoms. The third kappa shape index (κ3) is 9.52. The topological polar surface area (TPSA) is 21.3 Å². The van der Waals surface area contributed by atoms with Crippen molar-refractivity contribution >= 4 is 0 Å². The van der Waals surface area contributed by atoms with E-state index in [-0.39, 0.29) is 0 Å². The molecule has 172 valence electrons. The summed E-state index contributed by atoms with van der Waals surface area (Å²) in [5, 5.41) is 3.55. The Bertz CT molecular complexity index is 579. The molecule has 2 rings (SSSR count). The molecule has 0 amide bonds. The fourth-order valence-corrected chi connectivity index (χ4v) is 5.64. The van der Waals surface area contributed by atoms with Crippen LogP contribution in [0.15, 0.2) is 34.9 Å². The molecule has 0 aromatic carbocycles. The van der Waals surface area contributed by atoms with Gasteiger partial charge in [-0.3, -0.25) is 0 Å². The van der Waals surface area contributed by atoms with E-state index in [1.54, 1.807) is 0 Å². The molecule has 0 spiro atoms. The Hall–Kier alpha value is -0.860. The van der Waals surface area contributed by atoms with E-state index in [0.29, 0.717) is 6.10 Å². The predicted octanol–water partition coefficient (Wildman–Crippen LogP) is 7.47. The molecule has 0 aliphatic heterocycles. The molecular weight excluding hydrogens is 366 g/mol. The quantitative estimate of drug-likeness (QED) is 0.263. The molecule has 2 aliphatic rings. The molecule has 0 aromatic heterocycles. The standard InChI is InChI=1S/C28H49NO/c1-21(2)9-7-10-22(3)11-8-12-23(4)13-14-29-15-16-30-28-25(6)19-26-17-24(5)18-27(28)20-26/h9,11,13,24-29H,7-8,10,12,14-20H2,1-6H3/b22-11+,23-13+. The van der Waals surface area contributed by atoms with Crippen molar-refractivity contribution in [1.29, 1.82) is 0 Å². The molecule has 2 nitrogen and oxygen atoms in total. The smallest absolute Gasteiger partial charge is 0.0629 e. The van der Waals surface area contributed by atoms with E-state index in [1.807, 2.05) is 0 Å². The summed E-state index contributed by atoms with van der Waals surface area (Å²) in [7, 11) is 0. The first-order valence-electron chi connectivity index (χ1n) is 12.6. The van der Waals surface area contributed by atoms with Gasteiger partial charge in [0.25, 0.3) is 0 Å². The summed E-state index contributed by atoms with van der Waals surface area (Å²) in [4.78, 5) is 0. The van der Waals surface area contributed by atoms with Crippen molar-refractivity contribution in [1.82, 2.24) is 5.32 Å². The Morgan fingerprint density at radius 1 is 0.867 bits per heavy atom. The molecule has 0 saturated heterocycles. The van der Waals surface area contributed by atoms with E-state index in [2.05, 4.69) is 65.1 Å². The van der Waals surface area contributed by atoms with E-state index in [4.69, 9.17) is 4.74 Å². The Morgan fingerprint density at radius 2 is 1.57 bits per heavy atom. The van der Waals surface area contributed by atoms with Gasteiger partial charge in [-0.25, -0.2) is 0 Å². The van der Waals surface area contributed by atoms with Gasteiger partial charge in [0.2, 0.25) is 0 Å². The third-order valence-electron chi connectivity index (χ3n) is 7.11. The van der Waals surface area contributed by atoms with Gasteiger partial charge in [0.1, 0.15) is 0 Å². The maximum atomic E-state index is 6.38. The first-order chi connectivity index (χ1) is 14.3. The third-order valence-corrected chi connectivity index (χ3v) is 7.11. The predicted molar refractivity (Wildman–Crippen MR) is 132 cm³/mol. The van der Waals surface area contributed by atoms with Gasteiger partial charge < -0.3 is 10.1 Å². The van der Waals surface area contributed by atoms with Gasteiger partial charge >= 0.3 is 0 Å². The molecule has 0 radical (unpaired) electrons. The Labute approximate surface area is 187 Å². The summed E-state index contributed by atoms with van der Waals surface area (Å²) in [6.45, 7) is 16.5. The van der Waals surface area contributed by atoms with Crippen LogP contribution in [-0.4, -0.2) is 25.8 Å². The number of allylic oxidation sites excluding steroid dienone is 5. The van der Waals surface area contributed by atoms with Crippen molar-refractivity contribution in [3.8, 4) is 0 Å². The van der Waals surface area contributed by atoms with Crippen molar-refractivity contribution < 1.29 is 4.74 Å². The van der Waals surface area contributed by atoms with Gasteiger partial charge in [-0.2, -0.15) is 0 Å². The zero-order valence-corrected chi connectivity index (χ0v) is 20.8. The molecule has 5 unspecified atom stereocenters. The molecule has 5 atom stereocenters. The molecule has 2 saturated carbocycles. The molecule has 1 N–H and O–H groups in total. The highest BCUT2D eigenvalue weighted by Gasteiger charge is 2.40. The second kappa shape index (κ2) is 13.5. The average Bonchev–Trinajstić information content (AvgIpc) is 2.65. The average molecular weight is 416 g/mol. The lowest BCUT2D eigenvalue weighted by atomic mass is 9.64. The van der Waals surface area contributed by atoms with E-state index in [1.165, 1.54) is 61.7 Å². The zero-order chi connectivity index (χ0) is 21.9. The highest BCUT2D eigenvalue weighted by Crippen LogP contribution is 2.45. The summed E-state index contributed by atoms with van der Waals surface area (Å²) in [5.41, 5.74) is 4.43. The first kappa shape index (κ1) is 25.4. The summed E-state index contributed by atoms with van der Waals surface area (Å²) in [6, 6.07) is 0. The second-order valence-electron chi connectivity index (χ2n) is 10.7. The van der Waals surface area contributed by atoms with Gasteiger partial charge in [0.15, 0.2) is 0 Å². The van der Waals surface area contributed by atoms with Crippen LogP contribution in [0, 0.1) is 23.7 Å². The molecule has 2 bridgehead atoms. The van der Waals surface area contributed by atoms with Crippen molar-refractivity contribution in [3.63, 3.8) is 0 Å². The number of hydrogen-bond donors (Lipinski definition) is 1. The largest absolute Gasteiger partial charge is 0.376 e. The fourth-order valence-electron chi connectivity index (χ4n) is 5.64. The Balaban J connectivity index is 1.56. The molecule has 2 fully saturated rings. The first-order valence-corrected chi connectivity index (χ1v) is 12.6. The fraction of sp³-hybridized carbons (Fsp3) is 0.786. The van der Waals surface area contributed by atoms with Gasteiger partial charge in [-0.05, 0) is 103 Å². The number of nitrogens with one attached hydrogen (secondary N) is 1. The summed E-state index contributed by atoms with van der Waals surface area (Å²) >= 11 is 0. The summed E-state index contributed by atoms with van der Waals surface area (Å²) < 4.78 is 6.38. The maximum absolute atomic E-state index is 6.38. The maximum Gasteiger partial charge on any atom is 0.0629 e. The Kier molecular flexibility index (Phi) is 11.5. The lowest BCUT2D eigenvalue weighted by Gasteiger charge is -2.46. The number of rotatable bonds is 12. The van der Waals surface area contributed by atoms with Crippen LogP contribution in [0.1, 0.15) is 92.9 Å². The van der Waals surface area contributed by atoms with Crippen LogP contribution in [0.2, 0.25) is 0 Å². The molecule has 2 heteroatoms. The number of hydrogen-bond acceptors (Lipinski definition) is 2. The second-order valence-corrected chi connectivity index (χ2v) is 10.7. The van der Waals surface area contributed by atoms with Gasteiger partial charge in [-0.1, -0.05) is 48.8 Å². The van der Waals surface area contributed by atoms with Gasteiger partial charge in [0, 0.05) is 13.1 Å². The van der Waals surface area contributed by atoms with Crippen molar-refractivity contribution in [3.05, 3.63) is 34.9 Å². The van der Waals surface area contributed by atoms with E-state index < -0.39 is 0 Å². The van der Waals surface area contributed by atoms with Crippen LogP contribution in [0.3, 0.4) is 0 Å². The zero-order valence-electron chi connectivity index (χ0n) is 20.8. The van der Waals surface area contributed by atoms with E-state index in [0.717, 1.165) is 49.8 Å². The van der Waals surface area contributed by atoms with E-state index in [9.17, 15) is 0 Å². The van der Waals surface area contributed by atoms with Crippen LogP contribution in [0.4, 0.5) is 0 Å². The molecule has 0 heterocycles. The lowest BCUT2D eigenvalue weighted by Crippen LogP contribution is -2.43.